The van der Waals surface area contributed by atoms with E-state index in [0.29, 0.717) is 16.9 Å². The van der Waals surface area contributed by atoms with E-state index >= 15 is 0 Å². The van der Waals surface area contributed by atoms with Crippen molar-refractivity contribution in [1.29, 1.82) is 0 Å². The van der Waals surface area contributed by atoms with E-state index in [4.69, 9.17) is 5.73 Å². The van der Waals surface area contributed by atoms with Gasteiger partial charge in [-0.05, 0) is 19.1 Å². The van der Waals surface area contributed by atoms with Crippen LogP contribution in [0.4, 0.5) is 5.69 Å². The van der Waals surface area contributed by atoms with E-state index in [0.717, 1.165) is 0 Å². The summed E-state index contributed by atoms with van der Waals surface area (Å²) in [6.45, 7) is 1.83. The highest BCUT2D eigenvalue weighted by molar-refractivity contribution is 7.92. The molecular formula is C10H13N5O2S. The molecule has 0 aliphatic rings. The number of rotatable bonds is 4. The first-order valence-electron chi connectivity index (χ1n) is 5.21. The second-order valence-electron chi connectivity index (χ2n) is 3.68. The number of pyridine rings is 1. The lowest BCUT2D eigenvalue weighted by Gasteiger charge is -2.06. The Labute approximate surface area is 104 Å². The molecule has 0 unspecified atom stereocenters. The third kappa shape index (κ3) is 2.34. The van der Waals surface area contributed by atoms with Gasteiger partial charge in [0.25, 0.3) is 10.0 Å². The fourth-order valence-corrected chi connectivity index (χ4v) is 2.79. The molecule has 2 aromatic rings. The molecule has 0 bridgehead atoms. The summed E-state index contributed by atoms with van der Waals surface area (Å²) in [5, 5.41) is 6.33. The van der Waals surface area contributed by atoms with Crippen molar-refractivity contribution in [2.75, 3.05) is 4.72 Å². The third-order valence-corrected chi connectivity index (χ3v) is 3.78. The summed E-state index contributed by atoms with van der Waals surface area (Å²) in [5.41, 5.74) is 7.08. The van der Waals surface area contributed by atoms with Crippen LogP contribution in [0.15, 0.2) is 29.6 Å². The van der Waals surface area contributed by atoms with Crippen LogP contribution in [0, 0.1) is 6.92 Å². The highest BCUT2D eigenvalue weighted by Gasteiger charge is 2.22. The lowest BCUT2D eigenvalue weighted by atomic mass is 10.3. The molecule has 18 heavy (non-hydrogen) atoms. The standard InChI is InChI=1S/C10H13N5O2S/c1-7-9(6-11)10(14-13-7)18(16,17)15-8-2-4-12-5-3-8/h2-5H,6,11H2,1H3,(H,12,15)(H,13,14). The van der Waals surface area contributed by atoms with Crippen LogP contribution >= 0.6 is 0 Å². The fourth-order valence-electron chi connectivity index (χ4n) is 1.52. The molecule has 8 heteroatoms. The van der Waals surface area contributed by atoms with E-state index in [1.807, 2.05) is 0 Å². The van der Waals surface area contributed by atoms with Crippen molar-refractivity contribution in [3.05, 3.63) is 35.8 Å². The number of H-pyrrole nitrogens is 1. The van der Waals surface area contributed by atoms with Crippen molar-refractivity contribution in [3.63, 3.8) is 0 Å². The van der Waals surface area contributed by atoms with Crippen molar-refractivity contribution >= 4 is 15.7 Å². The maximum absolute atomic E-state index is 12.1. The number of aromatic amines is 1. The summed E-state index contributed by atoms with van der Waals surface area (Å²) in [4.78, 5) is 3.81. The summed E-state index contributed by atoms with van der Waals surface area (Å²) < 4.78 is 26.7. The molecular weight excluding hydrogens is 254 g/mol. The Morgan fingerprint density at radius 2 is 2.06 bits per heavy atom. The summed E-state index contributed by atoms with van der Waals surface area (Å²) in [6, 6.07) is 3.11. The molecule has 0 amide bonds. The Morgan fingerprint density at radius 3 is 2.67 bits per heavy atom. The Bertz CT molecular complexity index is 636. The Balaban J connectivity index is 2.37. The minimum Gasteiger partial charge on any atom is -0.326 e. The lowest BCUT2D eigenvalue weighted by Crippen LogP contribution is -2.16. The van der Waals surface area contributed by atoms with Gasteiger partial charge in [-0.1, -0.05) is 0 Å². The molecule has 4 N–H and O–H groups in total. The second kappa shape index (κ2) is 4.75. The zero-order chi connectivity index (χ0) is 13.2. The predicted molar refractivity (Wildman–Crippen MR) is 66.3 cm³/mol. The van der Waals surface area contributed by atoms with Crippen LogP contribution in [0.1, 0.15) is 11.3 Å². The normalized spacial score (nSPS) is 11.4. The molecule has 0 saturated carbocycles. The number of hydrogen-bond donors (Lipinski definition) is 3. The Morgan fingerprint density at radius 1 is 1.39 bits per heavy atom. The molecule has 2 heterocycles. The first-order chi connectivity index (χ1) is 8.54. The minimum atomic E-state index is -3.74. The van der Waals surface area contributed by atoms with Crippen LogP contribution in [-0.4, -0.2) is 23.6 Å². The van der Waals surface area contributed by atoms with Gasteiger partial charge in [-0.15, -0.1) is 0 Å². The summed E-state index contributed by atoms with van der Waals surface area (Å²) in [7, 11) is -3.74. The van der Waals surface area contributed by atoms with E-state index in [1.54, 1.807) is 19.1 Å². The monoisotopic (exact) mass is 267 g/mol. The number of aryl methyl sites for hydroxylation is 1. The van der Waals surface area contributed by atoms with Gasteiger partial charge in [0, 0.05) is 30.2 Å². The van der Waals surface area contributed by atoms with Gasteiger partial charge in [-0.25, -0.2) is 0 Å². The van der Waals surface area contributed by atoms with Crippen LogP contribution in [0.25, 0.3) is 0 Å². The second-order valence-corrected chi connectivity index (χ2v) is 5.28. The molecule has 2 rings (SSSR count). The van der Waals surface area contributed by atoms with Gasteiger partial charge in [0.15, 0.2) is 0 Å². The van der Waals surface area contributed by atoms with Crippen LogP contribution in [0.3, 0.4) is 0 Å². The molecule has 96 valence electrons. The van der Waals surface area contributed by atoms with Crippen molar-refractivity contribution in [2.24, 2.45) is 5.73 Å². The number of nitrogens with two attached hydrogens (primary N) is 1. The zero-order valence-corrected chi connectivity index (χ0v) is 10.5. The maximum Gasteiger partial charge on any atom is 0.281 e. The van der Waals surface area contributed by atoms with E-state index in [1.165, 1.54) is 12.4 Å². The molecule has 0 radical (unpaired) electrons. The van der Waals surface area contributed by atoms with Crippen molar-refractivity contribution < 1.29 is 8.42 Å². The van der Waals surface area contributed by atoms with Gasteiger partial charge < -0.3 is 5.73 Å². The Hall–Kier alpha value is -1.93. The van der Waals surface area contributed by atoms with Gasteiger partial charge in [-0.2, -0.15) is 13.5 Å². The number of hydrogen-bond acceptors (Lipinski definition) is 5. The number of nitrogens with one attached hydrogen (secondary N) is 2. The zero-order valence-electron chi connectivity index (χ0n) is 9.71. The summed E-state index contributed by atoms with van der Waals surface area (Å²) >= 11 is 0. The van der Waals surface area contributed by atoms with Gasteiger partial charge in [-0.3, -0.25) is 14.8 Å². The van der Waals surface area contributed by atoms with E-state index in [2.05, 4.69) is 19.9 Å². The molecule has 0 saturated heterocycles. The first kappa shape index (κ1) is 12.5. The van der Waals surface area contributed by atoms with E-state index < -0.39 is 10.0 Å². The number of sulfonamides is 1. The van der Waals surface area contributed by atoms with Gasteiger partial charge in [0.05, 0.1) is 5.69 Å². The van der Waals surface area contributed by atoms with Crippen molar-refractivity contribution in [1.82, 2.24) is 15.2 Å². The molecule has 7 nitrogen and oxygen atoms in total. The maximum atomic E-state index is 12.1. The summed E-state index contributed by atoms with van der Waals surface area (Å²) in [5.74, 6) is 0. The van der Waals surface area contributed by atoms with Crippen molar-refractivity contribution in [3.8, 4) is 0 Å². The summed E-state index contributed by atoms with van der Waals surface area (Å²) in [6.07, 6.45) is 3.00. The molecule has 0 atom stereocenters. The average Bonchev–Trinajstić information content (AvgIpc) is 2.72. The van der Waals surface area contributed by atoms with E-state index in [-0.39, 0.29) is 11.6 Å². The van der Waals surface area contributed by atoms with Crippen LogP contribution in [0.2, 0.25) is 0 Å². The Kier molecular flexibility index (Phi) is 3.30. The smallest absolute Gasteiger partial charge is 0.281 e. The number of nitrogens with zero attached hydrogens (tertiary/aromatic N) is 2. The largest absolute Gasteiger partial charge is 0.326 e. The fraction of sp³-hybridized carbons (Fsp3) is 0.200. The quantitative estimate of drug-likeness (QED) is 0.740. The molecule has 0 aliphatic heterocycles. The molecule has 2 aromatic heterocycles. The topological polar surface area (TPSA) is 114 Å². The highest BCUT2D eigenvalue weighted by atomic mass is 32.2. The molecule has 0 spiro atoms. The minimum absolute atomic E-state index is 0.0701. The van der Waals surface area contributed by atoms with Crippen LogP contribution < -0.4 is 10.5 Å². The van der Waals surface area contributed by atoms with Gasteiger partial charge in [0.1, 0.15) is 0 Å². The molecule has 0 aromatic carbocycles. The first-order valence-corrected chi connectivity index (χ1v) is 6.69. The van der Waals surface area contributed by atoms with E-state index in [9.17, 15) is 8.42 Å². The van der Waals surface area contributed by atoms with Crippen LogP contribution in [-0.2, 0) is 16.6 Å². The average molecular weight is 267 g/mol. The van der Waals surface area contributed by atoms with Gasteiger partial charge in [0.2, 0.25) is 5.03 Å². The van der Waals surface area contributed by atoms with Crippen molar-refractivity contribution in [2.45, 2.75) is 18.5 Å². The molecule has 0 fully saturated rings. The third-order valence-electron chi connectivity index (χ3n) is 2.43. The lowest BCUT2D eigenvalue weighted by molar-refractivity contribution is 0.596. The predicted octanol–water partition coefficient (Wildman–Crippen LogP) is 0.373. The van der Waals surface area contributed by atoms with Gasteiger partial charge >= 0.3 is 0 Å². The highest BCUT2D eigenvalue weighted by Crippen LogP contribution is 2.18. The molecule has 0 aliphatic carbocycles. The number of aromatic nitrogens is 3. The number of anilines is 1. The van der Waals surface area contributed by atoms with Crippen LogP contribution in [0.5, 0.6) is 0 Å². The SMILES string of the molecule is Cc1[nH]nc(S(=O)(=O)Nc2ccncc2)c1CN.